The lowest BCUT2D eigenvalue weighted by atomic mass is 10.1. The quantitative estimate of drug-likeness (QED) is 0.359. The van der Waals surface area contributed by atoms with E-state index in [-0.39, 0.29) is 24.8 Å². The minimum Gasteiger partial charge on any atom is -0.481 e. The van der Waals surface area contributed by atoms with Crippen molar-refractivity contribution < 1.29 is 19.5 Å². The summed E-state index contributed by atoms with van der Waals surface area (Å²) in [6.07, 6.45) is 9.58. The van der Waals surface area contributed by atoms with Gasteiger partial charge in [-0.25, -0.2) is 0 Å². The van der Waals surface area contributed by atoms with Crippen LogP contribution in [0.3, 0.4) is 0 Å². The van der Waals surface area contributed by atoms with Gasteiger partial charge in [0.15, 0.2) is 0 Å². The third-order valence-electron chi connectivity index (χ3n) is 4.68. The van der Waals surface area contributed by atoms with Gasteiger partial charge in [0.2, 0.25) is 0 Å². The standard InChI is InChI=1S/C22H27NO4/c24-20(25)16-10-8-6-4-2-1-3-5-7-9-13-17-23-21(26)18-14-11-12-15-19(18)22(23)27/h11-12,14-15H,1-8,10,16-17H2,(H,24,25). The molecule has 0 bridgehead atoms. The van der Waals surface area contributed by atoms with Gasteiger partial charge in [-0.05, 0) is 25.0 Å². The second kappa shape index (κ2) is 11.2. The highest BCUT2D eigenvalue weighted by atomic mass is 16.4. The maximum atomic E-state index is 12.2. The highest BCUT2D eigenvalue weighted by Crippen LogP contribution is 2.21. The summed E-state index contributed by atoms with van der Waals surface area (Å²) in [5, 5.41) is 8.56. The molecule has 0 atom stereocenters. The predicted octanol–water partition coefficient (Wildman–Crippen LogP) is 4.27. The highest BCUT2D eigenvalue weighted by Gasteiger charge is 2.34. The molecule has 1 heterocycles. The van der Waals surface area contributed by atoms with Crippen molar-refractivity contribution in [2.75, 3.05) is 6.54 Å². The molecule has 1 aromatic rings. The first-order chi connectivity index (χ1) is 13.1. The van der Waals surface area contributed by atoms with E-state index in [1.54, 1.807) is 24.3 Å². The zero-order valence-electron chi connectivity index (χ0n) is 15.7. The summed E-state index contributed by atoms with van der Waals surface area (Å²) in [5.41, 5.74) is 0.930. The summed E-state index contributed by atoms with van der Waals surface area (Å²) in [7, 11) is 0. The van der Waals surface area contributed by atoms with E-state index in [9.17, 15) is 14.4 Å². The Bertz CT molecular complexity index is 694. The number of amides is 2. The number of imide groups is 1. The molecule has 0 radical (unpaired) electrons. The smallest absolute Gasteiger partial charge is 0.303 e. The van der Waals surface area contributed by atoms with Crippen LogP contribution in [-0.2, 0) is 4.79 Å². The van der Waals surface area contributed by atoms with Crippen molar-refractivity contribution in [3.63, 3.8) is 0 Å². The van der Waals surface area contributed by atoms with E-state index >= 15 is 0 Å². The Hall–Kier alpha value is -2.61. The number of aliphatic carboxylic acids is 1. The topological polar surface area (TPSA) is 74.7 Å². The minimum atomic E-state index is -0.709. The molecule has 0 spiro atoms. The van der Waals surface area contributed by atoms with Gasteiger partial charge in [0.05, 0.1) is 17.7 Å². The number of fused-ring (bicyclic) bond motifs is 1. The first-order valence-corrected chi connectivity index (χ1v) is 9.74. The molecule has 0 fully saturated rings. The first-order valence-electron chi connectivity index (χ1n) is 9.74. The van der Waals surface area contributed by atoms with E-state index in [0.717, 1.165) is 44.9 Å². The maximum Gasteiger partial charge on any atom is 0.303 e. The van der Waals surface area contributed by atoms with Crippen molar-refractivity contribution in [3.8, 4) is 11.8 Å². The molecule has 144 valence electrons. The zero-order valence-corrected chi connectivity index (χ0v) is 15.7. The number of nitrogens with zero attached hydrogens (tertiary/aromatic N) is 1. The number of benzene rings is 1. The summed E-state index contributed by atoms with van der Waals surface area (Å²) in [5.74, 6) is 4.78. The number of unbranched alkanes of at least 4 members (excludes halogenated alkanes) is 8. The number of rotatable bonds is 11. The van der Waals surface area contributed by atoms with Crippen LogP contribution in [0.5, 0.6) is 0 Å². The van der Waals surface area contributed by atoms with Crippen LogP contribution in [0.25, 0.3) is 0 Å². The molecule has 27 heavy (non-hydrogen) atoms. The average molecular weight is 369 g/mol. The van der Waals surface area contributed by atoms with Crippen LogP contribution in [0.15, 0.2) is 24.3 Å². The number of carbonyl (C=O) groups excluding carboxylic acids is 2. The minimum absolute atomic E-state index is 0.155. The monoisotopic (exact) mass is 369 g/mol. The van der Waals surface area contributed by atoms with Gasteiger partial charge < -0.3 is 5.11 Å². The second-order valence-corrected chi connectivity index (χ2v) is 6.82. The normalized spacial score (nSPS) is 12.7. The molecule has 2 rings (SSSR count). The largest absolute Gasteiger partial charge is 0.481 e. The molecule has 0 unspecified atom stereocenters. The average Bonchev–Trinajstić information content (AvgIpc) is 2.90. The Balaban J connectivity index is 1.52. The summed E-state index contributed by atoms with van der Waals surface area (Å²) in [6.45, 7) is 0.155. The molecule has 1 aromatic carbocycles. The molecule has 5 nitrogen and oxygen atoms in total. The van der Waals surface area contributed by atoms with Crippen LogP contribution in [-0.4, -0.2) is 34.3 Å². The molecule has 1 aliphatic heterocycles. The van der Waals surface area contributed by atoms with E-state index in [0.29, 0.717) is 11.1 Å². The Morgan fingerprint density at radius 3 is 1.89 bits per heavy atom. The lowest BCUT2D eigenvalue weighted by molar-refractivity contribution is -0.137. The number of hydrogen-bond acceptors (Lipinski definition) is 3. The molecule has 0 aliphatic carbocycles. The van der Waals surface area contributed by atoms with E-state index < -0.39 is 5.97 Å². The van der Waals surface area contributed by atoms with Crippen molar-refractivity contribution in [1.29, 1.82) is 0 Å². The number of carbonyl (C=O) groups is 3. The third-order valence-corrected chi connectivity index (χ3v) is 4.68. The summed E-state index contributed by atoms with van der Waals surface area (Å²) in [6, 6.07) is 6.87. The SMILES string of the molecule is O=C(O)CCCCCCCCCCC#CCN1C(=O)c2ccccc2C1=O. The molecular formula is C22H27NO4. The number of hydrogen-bond donors (Lipinski definition) is 1. The van der Waals surface area contributed by atoms with Gasteiger partial charge in [-0.2, -0.15) is 0 Å². The summed E-state index contributed by atoms with van der Waals surface area (Å²) >= 11 is 0. The first kappa shape index (κ1) is 20.7. The van der Waals surface area contributed by atoms with E-state index in [4.69, 9.17) is 5.11 Å². The van der Waals surface area contributed by atoms with Crippen LogP contribution < -0.4 is 0 Å². The Kier molecular flexibility index (Phi) is 8.57. The molecule has 0 saturated carbocycles. The van der Waals surface area contributed by atoms with Crippen LogP contribution in [0.1, 0.15) is 84.9 Å². The van der Waals surface area contributed by atoms with E-state index in [1.165, 1.54) is 17.7 Å². The van der Waals surface area contributed by atoms with E-state index in [1.807, 2.05) is 0 Å². The molecule has 1 N–H and O–H groups in total. The van der Waals surface area contributed by atoms with E-state index in [2.05, 4.69) is 11.8 Å². The van der Waals surface area contributed by atoms with Crippen LogP contribution in [0.2, 0.25) is 0 Å². The Morgan fingerprint density at radius 2 is 1.33 bits per heavy atom. The fourth-order valence-corrected chi connectivity index (χ4v) is 3.16. The highest BCUT2D eigenvalue weighted by molar-refractivity contribution is 6.21. The third kappa shape index (κ3) is 6.56. The second-order valence-electron chi connectivity index (χ2n) is 6.82. The lowest BCUT2D eigenvalue weighted by Gasteiger charge is -2.08. The van der Waals surface area contributed by atoms with Gasteiger partial charge in [0, 0.05) is 12.8 Å². The fourth-order valence-electron chi connectivity index (χ4n) is 3.16. The van der Waals surface area contributed by atoms with Gasteiger partial charge in [-0.1, -0.05) is 56.6 Å². The fraction of sp³-hybridized carbons (Fsp3) is 0.500. The molecule has 5 heteroatoms. The lowest BCUT2D eigenvalue weighted by Crippen LogP contribution is -2.29. The molecular weight excluding hydrogens is 342 g/mol. The molecule has 0 aromatic heterocycles. The number of carboxylic acids is 1. The van der Waals surface area contributed by atoms with Crippen LogP contribution in [0, 0.1) is 11.8 Å². The zero-order chi connectivity index (χ0) is 19.5. The van der Waals surface area contributed by atoms with Crippen molar-refractivity contribution in [3.05, 3.63) is 35.4 Å². The van der Waals surface area contributed by atoms with Gasteiger partial charge in [0.25, 0.3) is 11.8 Å². The van der Waals surface area contributed by atoms with Crippen LogP contribution in [0.4, 0.5) is 0 Å². The molecule has 2 amide bonds. The molecule has 0 saturated heterocycles. The Labute approximate surface area is 160 Å². The predicted molar refractivity (Wildman–Crippen MR) is 103 cm³/mol. The van der Waals surface area contributed by atoms with Gasteiger partial charge in [-0.15, -0.1) is 5.92 Å². The van der Waals surface area contributed by atoms with Gasteiger partial charge in [0.1, 0.15) is 0 Å². The van der Waals surface area contributed by atoms with Crippen molar-refractivity contribution in [2.45, 2.75) is 64.2 Å². The van der Waals surface area contributed by atoms with Crippen molar-refractivity contribution in [2.24, 2.45) is 0 Å². The van der Waals surface area contributed by atoms with Gasteiger partial charge in [-0.3, -0.25) is 19.3 Å². The molecule has 1 aliphatic rings. The van der Waals surface area contributed by atoms with Crippen molar-refractivity contribution >= 4 is 17.8 Å². The van der Waals surface area contributed by atoms with Gasteiger partial charge >= 0.3 is 5.97 Å². The maximum absolute atomic E-state index is 12.2. The summed E-state index contributed by atoms with van der Waals surface area (Å²) < 4.78 is 0. The Morgan fingerprint density at radius 1 is 0.815 bits per heavy atom. The number of carboxylic acid groups (broad SMARTS) is 1. The summed E-state index contributed by atoms with van der Waals surface area (Å²) in [4.78, 5) is 36.0. The van der Waals surface area contributed by atoms with Crippen LogP contribution >= 0.6 is 0 Å². The van der Waals surface area contributed by atoms with Crippen molar-refractivity contribution in [1.82, 2.24) is 4.90 Å².